The van der Waals surface area contributed by atoms with Crippen LogP contribution in [0.5, 0.6) is 11.5 Å². The van der Waals surface area contributed by atoms with Gasteiger partial charge in [-0.2, -0.15) is 0 Å². The van der Waals surface area contributed by atoms with Gasteiger partial charge >= 0.3 is 5.97 Å². The molecule has 6 rings (SSSR count). The molecule has 0 radical (unpaired) electrons. The molecular weight excluding hydrogens is 560 g/mol. The molecule has 42 heavy (non-hydrogen) atoms. The molecule has 0 atom stereocenters. The van der Waals surface area contributed by atoms with E-state index < -0.39 is 11.9 Å². The SMILES string of the molecule is CCOC(=O)CCNC(=O)c1coc2cc(Cl)c(Oc3ccncc3C(=O)N3CCN(C4CC4)c4ccccc43)cc12. The van der Waals surface area contributed by atoms with E-state index in [9.17, 15) is 14.4 Å². The lowest BCUT2D eigenvalue weighted by atomic mass is 10.1. The van der Waals surface area contributed by atoms with Gasteiger partial charge in [0.15, 0.2) is 0 Å². The highest BCUT2D eigenvalue weighted by molar-refractivity contribution is 6.33. The number of ether oxygens (including phenoxy) is 2. The average molecular weight is 589 g/mol. The van der Waals surface area contributed by atoms with Crippen LogP contribution in [-0.2, 0) is 9.53 Å². The van der Waals surface area contributed by atoms with E-state index in [0.29, 0.717) is 23.6 Å². The number of nitrogens with one attached hydrogen (secondary N) is 1. The van der Waals surface area contributed by atoms with Crippen molar-refractivity contribution in [2.75, 3.05) is 36.0 Å². The molecule has 1 aliphatic carbocycles. The van der Waals surface area contributed by atoms with Gasteiger partial charge in [-0.05, 0) is 44.0 Å². The van der Waals surface area contributed by atoms with Crippen molar-refractivity contribution in [1.82, 2.24) is 10.3 Å². The van der Waals surface area contributed by atoms with Crippen LogP contribution in [-0.4, -0.2) is 55.1 Å². The van der Waals surface area contributed by atoms with Crippen LogP contribution < -0.4 is 19.9 Å². The molecule has 2 aliphatic rings. The molecule has 1 saturated carbocycles. The summed E-state index contributed by atoms with van der Waals surface area (Å²) in [6.45, 7) is 3.40. The number of halogens is 1. The third-order valence-corrected chi connectivity index (χ3v) is 7.60. The Morgan fingerprint density at radius 3 is 2.67 bits per heavy atom. The molecule has 1 fully saturated rings. The van der Waals surface area contributed by atoms with Crippen molar-refractivity contribution in [3.8, 4) is 11.5 Å². The second-order valence-electron chi connectivity index (χ2n) is 10.1. The van der Waals surface area contributed by atoms with Crippen molar-refractivity contribution >= 4 is 51.7 Å². The molecule has 2 aromatic heterocycles. The van der Waals surface area contributed by atoms with Crippen molar-refractivity contribution < 1.29 is 28.3 Å². The Balaban J connectivity index is 1.25. The number of carbonyl (C=O) groups is 3. The summed E-state index contributed by atoms with van der Waals surface area (Å²) in [4.78, 5) is 46.7. The molecule has 4 aromatic rings. The molecule has 0 bridgehead atoms. The van der Waals surface area contributed by atoms with Crippen LogP contribution in [0.1, 0.15) is 46.9 Å². The van der Waals surface area contributed by atoms with Gasteiger partial charge in [0.2, 0.25) is 0 Å². The molecule has 10 nitrogen and oxygen atoms in total. The summed E-state index contributed by atoms with van der Waals surface area (Å²) < 4.78 is 16.7. The summed E-state index contributed by atoms with van der Waals surface area (Å²) in [5.74, 6) is -0.529. The fourth-order valence-corrected chi connectivity index (χ4v) is 5.34. The van der Waals surface area contributed by atoms with Crippen molar-refractivity contribution in [2.24, 2.45) is 0 Å². The molecule has 11 heteroatoms. The van der Waals surface area contributed by atoms with Crippen molar-refractivity contribution in [2.45, 2.75) is 32.2 Å². The molecule has 1 aliphatic heterocycles. The zero-order chi connectivity index (χ0) is 29.2. The number of carbonyl (C=O) groups excluding carboxylic acids is 3. The van der Waals surface area contributed by atoms with E-state index in [1.807, 2.05) is 18.2 Å². The van der Waals surface area contributed by atoms with Crippen LogP contribution in [0.25, 0.3) is 11.0 Å². The van der Waals surface area contributed by atoms with Crippen LogP contribution in [0.4, 0.5) is 11.4 Å². The number of nitrogens with zero attached hydrogens (tertiary/aromatic N) is 3. The van der Waals surface area contributed by atoms with Gasteiger partial charge in [-0.15, -0.1) is 0 Å². The first-order valence-electron chi connectivity index (χ1n) is 13.9. The number of fused-ring (bicyclic) bond motifs is 2. The largest absolute Gasteiger partial charge is 0.466 e. The number of benzene rings is 2. The zero-order valence-corrected chi connectivity index (χ0v) is 23.7. The highest BCUT2D eigenvalue weighted by Crippen LogP contribution is 2.41. The molecule has 2 aromatic carbocycles. The number of hydrogen-bond acceptors (Lipinski definition) is 8. The number of pyridine rings is 1. The minimum atomic E-state index is -0.421. The van der Waals surface area contributed by atoms with Crippen LogP contribution in [0.3, 0.4) is 0 Å². The molecular formula is C31H29ClN4O6. The first kappa shape index (κ1) is 27.6. The van der Waals surface area contributed by atoms with Crippen molar-refractivity contribution in [3.05, 3.63) is 77.3 Å². The standard InChI is InChI=1S/C31H29ClN4O6/c1-2-40-29(37)10-12-34-30(38)22-18-41-27-16-23(32)28(15-20(22)27)42-26-9-11-33-17-21(26)31(39)36-14-13-35(19-7-8-19)24-5-3-4-6-25(24)36/h3-6,9,11,15-19H,2,7-8,10,12-14H2,1H3,(H,34,38). The Kier molecular flexibility index (Phi) is 7.71. The van der Waals surface area contributed by atoms with E-state index in [0.717, 1.165) is 17.9 Å². The lowest BCUT2D eigenvalue weighted by Crippen LogP contribution is -2.45. The lowest BCUT2D eigenvalue weighted by Gasteiger charge is -2.38. The number of anilines is 2. The fraction of sp³-hybridized carbons (Fsp3) is 0.290. The topological polar surface area (TPSA) is 114 Å². The Morgan fingerprint density at radius 1 is 1.07 bits per heavy atom. The zero-order valence-electron chi connectivity index (χ0n) is 23.0. The molecule has 0 saturated heterocycles. The van der Waals surface area contributed by atoms with E-state index in [1.165, 1.54) is 31.5 Å². The number of esters is 1. The molecule has 3 heterocycles. The Bertz CT molecular complexity index is 1670. The van der Waals surface area contributed by atoms with Crippen LogP contribution in [0.2, 0.25) is 5.02 Å². The molecule has 0 unspecified atom stereocenters. The predicted molar refractivity (Wildman–Crippen MR) is 158 cm³/mol. The third-order valence-electron chi connectivity index (χ3n) is 7.30. The maximum absolute atomic E-state index is 13.9. The van der Waals surface area contributed by atoms with Gasteiger partial charge in [-0.25, -0.2) is 0 Å². The van der Waals surface area contributed by atoms with E-state index in [1.54, 1.807) is 30.0 Å². The quantitative estimate of drug-likeness (QED) is 0.252. The lowest BCUT2D eigenvalue weighted by molar-refractivity contribution is -0.142. The normalized spacial score (nSPS) is 14.4. The maximum Gasteiger partial charge on any atom is 0.307 e. The molecule has 216 valence electrons. The van der Waals surface area contributed by atoms with Crippen LogP contribution >= 0.6 is 11.6 Å². The van der Waals surface area contributed by atoms with E-state index >= 15 is 0 Å². The molecule has 1 N–H and O–H groups in total. The van der Waals surface area contributed by atoms with Crippen molar-refractivity contribution in [1.29, 1.82) is 0 Å². The smallest absolute Gasteiger partial charge is 0.307 e. The van der Waals surface area contributed by atoms with Gasteiger partial charge in [-0.3, -0.25) is 19.4 Å². The highest BCUT2D eigenvalue weighted by atomic mass is 35.5. The number of furan rings is 1. The van der Waals surface area contributed by atoms with E-state index in [4.69, 9.17) is 25.5 Å². The summed E-state index contributed by atoms with van der Waals surface area (Å²) in [6.07, 6.45) is 6.74. The summed E-state index contributed by atoms with van der Waals surface area (Å²) in [7, 11) is 0. The summed E-state index contributed by atoms with van der Waals surface area (Å²) in [6, 6.07) is 13.2. The van der Waals surface area contributed by atoms with E-state index in [2.05, 4.69) is 21.3 Å². The monoisotopic (exact) mass is 588 g/mol. The minimum absolute atomic E-state index is 0.0501. The molecule has 0 spiro atoms. The van der Waals surface area contributed by atoms with Gasteiger partial charge in [0.1, 0.15) is 28.9 Å². The minimum Gasteiger partial charge on any atom is -0.466 e. The Hall–Kier alpha value is -4.57. The van der Waals surface area contributed by atoms with E-state index in [-0.39, 0.29) is 53.1 Å². The third kappa shape index (κ3) is 5.49. The number of amides is 2. The summed E-state index contributed by atoms with van der Waals surface area (Å²) in [5, 5.41) is 3.41. The average Bonchev–Trinajstić information content (AvgIpc) is 3.76. The first-order chi connectivity index (χ1) is 20.4. The van der Waals surface area contributed by atoms with Crippen LogP contribution in [0, 0.1) is 0 Å². The van der Waals surface area contributed by atoms with Gasteiger partial charge in [0.25, 0.3) is 11.8 Å². The second kappa shape index (κ2) is 11.7. The first-order valence-corrected chi connectivity index (χ1v) is 14.3. The van der Waals surface area contributed by atoms with Crippen LogP contribution in [0.15, 0.2) is 65.5 Å². The Labute approximate surface area is 247 Å². The van der Waals surface area contributed by atoms with Gasteiger partial charge in [0, 0.05) is 49.5 Å². The summed E-state index contributed by atoms with van der Waals surface area (Å²) >= 11 is 6.54. The maximum atomic E-state index is 13.9. The highest BCUT2D eigenvalue weighted by Gasteiger charge is 2.36. The van der Waals surface area contributed by atoms with Crippen molar-refractivity contribution in [3.63, 3.8) is 0 Å². The number of hydrogen-bond donors (Lipinski definition) is 1. The van der Waals surface area contributed by atoms with Gasteiger partial charge in [0.05, 0.1) is 35.0 Å². The Morgan fingerprint density at radius 2 is 1.88 bits per heavy atom. The van der Waals surface area contributed by atoms with Gasteiger partial charge in [-0.1, -0.05) is 23.7 Å². The predicted octanol–water partition coefficient (Wildman–Crippen LogP) is 5.59. The number of rotatable bonds is 9. The second-order valence-corrected chi connectivity index (χ2v) is 10.5. The van der Waals surface area contributed by atoms with Gasteiger partial charge < -0.3 is 29.0 Å². The summed E-state index contributed by atoms with van der Waals surface area (Å²) in [5.41, 5.74) is 2.83. The fourth-order valence-electron chi connectivity index (χ4n) is 5.15. The number of aromatic nitrogens is 1. The molecule has 2 amide bonds. The number of para-hydroxylation sites is 2.